The number of nitrogens with one attached hydrogen (secondary N) is 1. The maximum Gasteiger partial charge on any atom is 0.392 e. The van der Waals surface area contributed by atoms with Crippen LogP contribution in [0, 0.1) is 52.8 Å². The summed E-state index contributed by atoms with van der Waals surface area (Å²) in [6, 6.07) is 0. The van der Waals surface area contributed by atoms with Crippen molar-refractivity contribution in [1.82, 2.24) is 0 Å². The lowest BCUT2D eigenvalue weighted by molar-refractivity contribution is -0.199. The van der Waals surface area contributed by atoms with E-state index in [9.17, 15) is 18.0 Å². The molecule has 8 atom stereocenters. The Bertz CT molecular complexity index is 1120. The molecule has 5 aliphatic rings. The van der Waals surface area contributed by atoms with Crippen molar-refractivity contribution in [1.29, 1.82) is 5.41 Å². The molecule has 7 heteroatoms. The number of ketones is 1. The van der Waals surface area contributed by atoms with Gasteiger partial charge >= 0.3 is 6.18 Å². The Kier molecular flexibility index (Phi) is 12.2. The van der Waals surface area contributed by atoms with Crippen LogP contribution in [0.1, 0.15) is 149 Å². The SMILES string of the molecule is CCCCCCC1CCC(CCC2CCC(C(=N)C(=O)C3=CCC(C)C(C4=NN=C5CCCCCC4C5)C3)CC2C(F)(F)F)C1. The zero-order valence-corrected chi connectivity index (χ0v) is 28.0. The second-order valence-corrected chi connectivity index (χ2v) is 15.6. The fraction of sp³-hybridized carbons (Fsp3) is 0.842. The summed E-state index contributed by atoms with van der Waals surface area (Å²) in [5.41, 5.74) is 2.82. The average molecular weight is 630 g/mol. The summed E-state index contributed by atoms with van der Waals surface area (Å²) < 4.78 is 43.2. The number of allylic oxidation sites excluding steroid dienone is 2. The first-order chi connectivity index (χ1) is 21.6. The van der Waals surface area contributed by atoms with Crippen LogP contribution in [0.4, 0.5) is 13.2 Å². The molecule has 0 saturated heterocycles. The minimum absolute atomic E-state index is 0.0965. The lowest BCUT2D eigenvalue weighted by Gasteiger charge is -2.38. The van der Waals surface area contributed by atoms with Gasteiger partial charge < -0.3 is 5.41 Å². The second-order valence-electron chi connectivity index (χ2n) is 15.6. The highest BCUT2D eigenvalue weighted by molar-refractivity contribution is 6.45. The first kappa shape index (κ1) is 34.5. The van der Waals surface area contributed by atoms with Crippen molar-refractivity contribution in [3.05, 3.63) is 11.6 Å². The van der Waals surface area contributed by atoms with Gasteiger partial charge in [0.1, 0.15) is 0 Å². The summed E-state index contributed by atoms with van der Waals surface area (Å²) in [5.74, 6) is -0.584. The third-order valence-electron chi connectivity index (χ3n) is 12.4. The smallest absolute Gasteiger partial charge is 0.301 e. The van der Waals surface area contributed by atoms with E-state index in [0.717, 1.165) is 43.7 Å². The van der Waals surface area contributed by atoms with Crippen molar-refractivity contribution >= 4 is 22.9 Å². The molecule has 252 valence electrons. The van der Waals surface area contributed by atoms with E-state index in [4.69, 9.17) is 10.5 Å². The van der Waals surface area contributed by atoms with Gasteiger partial charge in [-0.25, -0.2) is 0 Å². The van der Waals surface area contributed by atoms with E-state index in [0.29, 0.717) is 49.0 Å². The van der Waals surface area contributed by atoms with Crippen LogP contribution in [-0.2, 0) is 4.79 Å². The molecule has 0 aromatic heterocycles. The van der Waals surface area contributed by atoms with Gasteiger partial charge in [0.25, 0.3) is 0 Å². The average Bonchev–Trinajstić information content (AvgIpc) is 3.48. The predicted molar refractivity (Wildman–Crippen MR) is 178 cm³/mol. The molecule has 2 bridgehead atoms. The molecule has 4 aliphatic carbocycles. The van der Waals surface area contributed by atoms with Crippen LogP contribution in [0.2, 0.25) is 0 Å². The Balaban J connectivity index is 1.16. The van der Waals surface area contributed by atoms with Crippen molar-refractivity contribution in [3.8, 4) is 0 Å². The summed E-state index contributed by atoms with van der Waals surface area (Å²) in [7, 11) is 0. The van der Waals surface area contributed by atoms with Crippen LogP contribution < -0.4 is 0 Å². The van der Waals surface area contributed by atoms with Crippen LogP contribution in [0.5, 0.6) is 0 Å². The predicted octanol–water partition coefficient (Wildman–Crippen LogP) is 11.1. The van der Waals surface area contributed by atoms with Gasteiger partial charge in [-0.1, -0.05) is 84.1 Å². The molecule has 45 heavy (non-hydrogen) atoms. The van der Waals surface area contributed by atoms with E-state index in [1.165, 1.54) is 76.3 Å². The molecule has 0 radical (unpaired) electrons. The minimum atomic E-state index is -4.29. The van der Waals surface area contributed by atoms with E-state index < -0.39 is 18.0 Å². The number of halogens is 3. The molecule has 5 rings (SSSR count). The summed E-state index contributed by atoms with van der Waals surface area (Å²) in [6.45, 7) is 4.43. The molecule has 1 aliphatic heterocycles. The monoisotopic (exact) mass is 629 g/mol. The van der Waals surface area contributed by atoms with E-state index in [1.54, 1.807) is 0 Å². The third-order valence-corrected chi connectivity index (χ3v) is 12.4. The number of hydrogen-bond acceptors (Lipinski definition) is 4. The molecule has 4 nitrogen and oxygen atoms in total. The molecule has 1 N–H and O–H groups in total. The number of Topliss-reactive ketones (excluding diaryl/α,β-unsaturated/α-hetero) is 1. The van der Waals surface area contributed by atoms with Gasteiger partial charge in [0, 0.05) is 29.2 Å². The molecule has 0 amide bonds. The number of fused-ring (bicyclic) bond motifs is 2. The molecule has 0 spiro atoms. The normalized spacial score (nSPS) is 34.3. The van der Waals surface area contributed by atoms with Crippen LogP contribution in [0.25, 0.3) is 0 Å². The van der Waals surface area contributed by atoms with E-state index in [2.05, 4.69) is 18.9 Å². The number of alkyl halides is 3. The number of hydrogen-bond donors (Lipinski definition) is 1. The highest BCUT2D eigenvalue weighted by Crippen LogP contribution is 2.48. The van der Waals surface area contributed by atoms with Crippen LogP contribution in [0.3, 0.4) is 0 Å². The molecule has 0 aromatic rings. The van der Waals surface area contributed by atoms with Gasteiger partial charge in [0.05, 0.1) is 11.6 Å². The fourth-order valence-electron chi connectivity index (χ4n) is 9.52. The van der Waals surface area contributed by atoms with Crippen molar-refractivity contribution in [2.75, 3.05) is 0 Å². The Hall–Kier alpha value is -1.79. The second kappa shape index (κ2) is 15.9. The van der Waals surface area contributed by atoms with Crippen molar-refractivity contribution in [2.24, 2.45) is 57.5 Å². The highest BCUT2D eigenvalue weighted by atomic mass is 19.4. The lowest BCUT2D eigenvalue weighted by Crippen LogP contribution is -2.40. The first-order valence-electron chi connectivity index (χ1n) is 18.7. The van der Waals surface area contributed by atoms with Crippen molar-refractivity contribution in [2.45, 2.75) is 155 Å². The number of unbranched alkanes of at least 4 members (excludes halogenated alkanes) is 3. The van der Waals surface area contributed by atoms with Gasteiger partial charge in [-0.05, 0) is 99.9 Å². The molecule has 8 unspecified atom stereocenters. The largest absolute Gasteiger partial charge is 0.392 e. The minimum Gasteiger partial charge on any atom is -0.301 e. The quantitative estimate of drug-likeness (QED) is 0.169. The molecule has 0 aromatic carbocycles. The van der Waals surface area contributed by atoms with Gasteiger partial charge in [-0.2, -0.15) is 23.4 Å². The van der Waals surface area contributed by atoms with Gasteiger partial charge in [0.15, 0.2) is 0 Å². The summed E-state index contributed by atoms with van der Waals surface area (Å²) in [5, 5.41) is 18.1. The highest BCUT2D eigenvalue weighted by Gasteiger charge is 2.49. The molecule has 3 saturated carbocycles. The van der Waals surface area contributed by atoms with Gasteiger partial charge in [-0.3, -0.25) is 4.79 Å². The van der Waals surface area contributed by atoms with Gasteiger partial charge in [-0.15, -0.1) is 0 Å². The molecular weight excluding hydrogens is 571 g/mol. The Morgan fingerprint density at radius 1 is 0.911 bits per heavy atom. The molecule has 3 fully saturated rings. The van der Waals surface area contributed by atoms with Crippen LogP contribution in [-0.4, -0.2) is 29.1 Å². The van der Waals surface area contributed by atoms with Crippen LogP contribution >= 0.6 is 0 Å². The Morgan fingerprint density at radius 2 is 1.71 bits per heavy atom. The summed E-state index contributed by atoms with van der Waals surface area (Å²) in [4.78, 5) is 13.7. The number of carbonyl (C=O) groups excluding carboxylic acids is 1. The topological polar surface area (TPSA) is 65.6 Å². The van der Waals surface area contributed by atoms with Crippen molar-refractivity contribution in [3.63, 3.8) is 0 Å². The maximum atomic E-state index is 14.4. The molecule has 1 heterocycles. The summed E-state index contributed by atoms with van der Waals surface area (Å²) >= 11 is 0. The van der Waals surface area contributed by atoms with E-state index >= 15 is 0 Å². The zero-order chi connectivity index (χ0) is 32.0. The zero-order valence-electron chi connectivity index (χ0n) is 28.0. The standard InChI is InChI=1S/C38H58F3N3O/c1-3-4-5-7-10-26-14-15-27(21-26)16-18-28-19-20-29(24-34(28)38(39,40)41)35(42)37(45)31-17-13-25(2)33(23-31)36-30-11-8-6-9-12-32(22-30)43-44-36/h17,25-30,33-34,42H,3-16,18-24H2,1-2H3. The number of nitrogens with zero attached hydrogens (tertiary/aromatic N) is 2. The fourth-order valence-corrected chi connectivity index (χ4v) is 9.52. The number of rotatable bonds is 12. The first-order valence-corrected chi connectivity index (χ1v) is 18.7. The Labute approximate surface area is 270 Å². The van der Waals surface area contributed by atoms with E-state index in [-0.39, 0.29) is 29.8 Å². The third kappa shape index (κ3) is 8.97. The maximum absolute atomic E-state index is 14.4. The van der Waals surface area contributed by atoms with E-state index in [1.807, 2.05) is 6.08 Å². The van der Waals surface area contributed by atoms with Crippen LogP contribution in [0.15, 0.2) is 21.9 Å². The van der Waals surface area contributed by atoms with Crippen molar-refractivity contribution < 1.29 is 18.0 Å². The lowest BCUT2D eigenvalue weighted by atomic mass is 9.68. The number of carbonyl (C=O) groups is 1. The summed E-state index contributed by atoms with van der Waals surface area (Å²) in [6.07, 6.45) is 18.0. The van der Waals surface area contributed by atoms with Gasteiger partial charge in [0.2, 0.25) is 5.78 Å². The Morgan fingerprint density at radius 3 is 2.49 bits per heavy atom. The molecular formula is C38H58F3N3O.